The van der Waals surface area contributed by atoms with E-state index in [0.29, 0.717) is 0 Å². The molecule has 0 saturated heterocycles. The summed E-state index contributed by atoms with van der Waals surface area (Å²) in [6, 6.07) is 0. The first-order valence-corrected chi connectivity index (χ1v) is 3.96. The van der Waals surface area contributed by atoms with Crippen molar-refractivity contribution in [1.29, 1.82) is 0 Å². The van der Waals surface area contributed by atoms with E-state index in [1.807, 2.05) is 32.1 Å². The molecule has 1 unspecified atom stereocenters. The molecule has 0 aromatic heterocycles. The normalized spacial score (nSPS) is 14.5. The Morgan fingerprint density at radius 3 is 2.55 bits per heavy atom. The predicted octanol–water partition coefficient (Wildman–Crippen LogP) is 2.73. The van der Waals surface area contributed by atoms with Crippen molar-refractivity contribution in [3.63, 3.8) is 0 Å². The number of hydrogen-bond donors (Lipinski definition) is 0. The highest BCUT2D eigenvalue weighted by Gasteiger charge is 1.99. The Morgan fingerprint density at radius 1 is 1.45 bits per heavy atom. The minimum absolute atomic E-state index is 0.0697. The largest absolute Gasteiger partial charge is 0.299 e. The van der Waals surface area contributed by atoms with E-state index in [4.69, 9.17) is 0 Å². The Bertz CT molecular complexity index is 166. The molecule has 0 amide bonds. The van der Waals surface area contributed by atoms with Crippen molar-refractivity contribution in [3.05, 3.63) is 24.3 Å². The second-order valence-electron chi connectivity index (χ2n) is 2.63. The van der Waals surface area contributed by atoms with E-state index < -0.39 is 0 Å². The zero-order valence-corrected chi connectivity index (χ0v) is 7.50. The van der Waals surface area contributed by atoms with E-state index in [9.17, 15) is 4.79 Å². The van der Waals surface area contributed by atoms with Crippen LogP contribution in [0, 0.1) is 5.92 Å². The maximum atomic E-state index is 10.7. The minimum Gasteiger partial charge on any atom is -0.299 e. The van der Waals surface area contributed by atoms with Crippen molar-refractivity contribution in [3.8, 4) is 0 Å². The third-order valence-corrected chi connectivity index (χ3v) is 1.57. The van der Waals surface area contributed by atoms with E-state index in [1.165, 1.54) is 0 Å². The van der Waals surface area contributed by atoms with Gasteiger partial charge in [-0.3, -0.25) is 4.79 Å². The van der Waals surface area contributed by atoms with Gasteiger partial charge in [0.25, 0.3) is 0 Å². The van der Waals surface area contributed by atoms with E-state index in [0.717, 1.165) is 6.42 Å². The molecular formula is C10H16O. The quantitative estimate of drug-likeness (QED) is 0.566. The van der Waals surface area contributed by atoms with E-state index in [2.05, 4.69) is 6.08 Å². The molecule has 0 saturated carbocycles. The summed E-state index contributed by atoms with van der Waals surface area (Å²) in [6.45, 7) is 5.52. The molecule has 0 aromatic carbocycles. The molecule has 0 rings (SSSR count). The fourth-order valence-electron chi connectivity index (χ4n) is 0.633. The van der Waals surface area contributed by atoms with Gasteiger partial charge in [0.15, 0.2) is 0 Å². The Balaban J connectivity index is 3.65. The number of Topliss-reactive ketones (excluding diaryl/α,β-unsaturated/α-hetero) is 1. The van der Waals surface area contributed by atoms with Crippen LogP contribution in [0.25, 0.3) is 0 Å². The van der Waals surface area contributed by atoms with Gasteiger partial charge in [0, 0.05) is 5.92 Å². The fraction of sp³-hybridized carbons (Fsp3) is 0.500. The van der Waals surface area contributed by atoms with Gasteiger partial charge < -0.3 is 0 Å². The zero-order valence-electron chi connectivity index (χ0n) is 7.50. The van der Waals surface area contributed by atoms with Crippen molar-refractivity contribution in [2.75, 3.05) is 0 Å². The Kier molecular flexibility index (Phi) is 5.44. The highest BCUT2D eigenvalue weighted by Crippen LogP contribution is 1.99. The molecule has 0 aliphatic heterocycles. The van der Waals surface area contributed by atoms with Crippen LogP contribution in [0.5, 0.6) is 0 Å². The van der Waals surface area contributed by atoms with Crippen LogP contribution in [0.2, 0.25) is 0 Å². The van der Waals surface area contributed by atoms with Gasteiger partial charge in [-0.25, -0.2) is 0 Å². The van der Waals surface area contributed by atoms with Crippen molar-refractivity contribution < 1.29 is 4.79 Å². The molecule has 1 nitrogen and oxygen atoms in total. The fourth-order valence-corrected chi connectivity index (χ4v) is 0.633. The summed E-state index contributed by atoms with van der Waals surface area (Å²) in [5.74, 6) is 0.294. The first-order valence-electron chi connectivity index (χ1n) is 3.96. The molecule has 62 valence electrons. The summed E-state index contributed by atoms with van der Waals surface area (Å²) in [4.78, 5) is 10.7. The highest BCUT2D eigenvalue weighted by molar-refractivity contribution is 5.79. The van der Waals surface area contributed by atoms with Gasteiger partial charge in [0.2, 0.25) is 0 Å². The molecule has 0 aliphatic rings. The Labute approximate surface area is 68.8 Å². The maximum absolute atomic E-state index is 10.7. The topological polar surface area (TPSA) is 17.1 Å². The van der Waals surface area contributed by atoms with E-state index in [1.54, 1.807) is 6.92 Å². The lowest BCUT2D eigenvalue weighted by Gasteiger charge is -1.96. The molecule has 1 atom stereocenters. The van der Waals surface area contributed by atoms with Crippen LogP contribution in [-0.2, 0) is 4.79 Å². The van der Waals surface area contributed by atoms with Crippen molar-refractivity contribution in [2.24, 2.45) is 5.92 Å². The summed E-state index contributed by atoms with van der Waals surface area (Å²) >= 11 is 0. The Morgan fingerprint density at radius 2 is 2.09 bits per heavy atom. The lowest BCUT2D eigenvalue weighted by molar-refractivity contribution is -0.118. The lowest BCUT2D eigenvalue weighted by atomic mass is 10.1. The number of ketones is 1. The molecule has 0 radical (unpaired) electrons. The minimum atomic E-state index is 0.0697. The van der Waals surface area contributed by atoms with Crippen LogP contribution in [0.4, 0.5) is 0 Å². The summed E-state index contributed by atoms with van der Waals surface area (Å²) in [7, 11) is 0. The maximum Gasteiger partial charge on any atom is 0.136 e. The molecule has 0 spiro atoms. The van der Waals surface area contributed by atoms with Gasteiger partial charge >= 0.3 is 0 Å². The monoisotopic (exact) mass is 152 g/mol. The first kappa shape index (κ1) is 10.2. The van der Waals surface area contributed by atoms with Crippen molar-refractivity contribution >= 4 is 5.78 Å². The number of carbonyl (C=O) groups is 1. The van der Waals surface area contributed by atoms with Crippen molar-refractivity contribution in [1.82, 2.24) is 0 Å². The second kappa shape index (κ2) is 5.90. The van der Waals surface area contributed by atoms with Gasteiger partial charge in [0.05, 0.1) is 0 Å². The molecule has 0 aliphatic carbocycles. The standard InChI is InChI=1S/C10H16O/c1-4-5-6-7-8-9(2)10(3)11/h4-5,7-9H,6H2,1-3H3. The summed E-state index contributed by atoms with van der Waals surface area (Å²) in [5.41, 5.74) is 0. The van der Waals surface area contributed by atoms with Crippen LogP contribution in [-0.4, -0.2) is 5.78 Å². The molecular weight excluding hydrogens is 136 g/mol. The molecule has 0 aromatic rings. The van der Waals surface area contributed by atoms with E-state index in [-0.39, 0.29) is 11.7 Å². The summed E-state index contributed by atoms with van der Waals surface area (Å²) in [5, 5.41) is 0. The molecule has 11 heavy (non-hydrogen) atoms. The average Bonchev–Trinajstić information content (AvgIpc) is 1.97. The van der Waals surface area contributed by atoms with Crippen LogP contribution >= 0.6 is 0 Å². The third kappa shape index (κ3) is 5.59. The van der Waals surface area contributed by atoms with Crippen LogP contribution < -0.4 is 0 Å². The molecule has 1 heteroatoms. The summed E-state index contributed by atoms with van der Waals surface area (Å²) < 4.78 is 0. The van der Waals surface area contributed by atoms with Gasteiger partial charge in [0.1, 0.15) is 5.78 Å². The van der Waals surface area contributed by atoms with Crippen LogP contribution in [0.1, 0.15) is 27.2 Å². The third-order valence-electron chi connectivity index (χ3n) is 1.57. The van der Waals surface area contributed by atoms with Gasteiger partial charge in [-0.05, 0) is 20.3 Å². The average molecular weight is 152 g/mol. The smallest absolute Gasteiger partial charge is 0.136 e. The molecule has 0 heterocycles. The molecule has 0 bridgehead atoms. The number of allylic oxidation sites excluding steroid dienone is 4. The van der Waals surface area contributed by atoms with Gasteiger partial charge in [-0.15, -0.1) is 0 Å². The summed E-state index contributed by atoms with van der Waals surface area (Å²) in [6.07, 6.45) is 8.95. The van der Waals surface area contributed by atoms with Gasteiger partial charge in [-0.2, -0.15) is 0 Å². The van der Waals surface area contributed by atoms with Crippen LogP contribution in [0.3, 0.4) is 0 Å². The number of hydrogen-bond acceptors (Lipinski definition) is 1. The van der Waals surface area contributed by atoms with E-state index >= 15 is 0 Å². The van der Waals surface area contributed by atoms with Crippen molar-refractivity contribution in [2.45, 2.75) is 27.2 Å². The van der Waals surface area contributed by atoms with Gasteiger partial charge in [-0.1, -0.05) is 31.2 Å². The predicted molar refractivity (Wildman–Crippen MR) is 48.4 cm³/mol. The second-order valence-corrected chi connectivity index (χ2v) is 2.63. The van der Waals surface area contributed by atoms with Crippen LogP contribution in [0.15, 0.2) is 24.3 Å². The molecule has 0 N–H and O–H groups in total. The number of rotatable bonds is 4. The SMILES string of the molecule is CC=CCC=CC(C)C(C)=O. The highest BCUT2D eigenvalue weighted by atomic mass is 16.1. The first-order chi connectivity index (χ1) is 5.18. The number of carbonyl (C=O) groups excluding carboxylic acids is 1. The lowest BCUT2D eigenvalue weighted by Crippen LogP contribution is -2.01. The zero-order chi connectivity index (χ0) is 8.69. The molecule has 0 fully saturated rings. The Hall–Kier alpha value is -0.850.